The van der Waals surface area contributed by atoms with Crippen LogP contribution in [0.25, 0.3) is 0 Å². The fraction of sp³-hybridized carbons (Fsp3) is 0.538. The van der Waals surface area contributed by atoms with Crippen molar-refractivity contribution in [1.82, 2.24) is 10.2 Å². The van der Waals surface area contributed by atoms with Crippen LogP contribution >= 0.6 is 39.7 Å². The largest absolute Gasteiger partial charge is 0.460 e. The molecule has 7 atom stereocenters. The molecule has 11 nitrogen and oxygen atoms in total. The Morgan fingerprint density at radius 3 is 2.40 bits per heavy atom. The monoisotopic (exact) mass is 654 g/mol. The minimum Gasteiger partial charge on any atom is -0.460 e. The van der Waals surface area contributed by atoms with Crippen molar-refractivity contribution < 1.29 is 37.0 Å². The zero-order valence-corrected chi connectivity index (χ0v) is 25.6. The van der Waals surface area contributed by atoms with Crippen molar-refractivity contribution in [2.45, 2.75) is 78.0 Å². The molecule has 4 aliphatic heterocycles. The van der Waals surface area contributed by atoms with Crippen molar-refractivity contribution in [3.63, 3.8) is 0 Å². The van der Waals surface area contributed by atoms with Crippen molar-refractivity contribution in [2.24, 2.45) is 5.73 Å². The summed E-state index contributed by atoms with van der Waals surface area (Å²) in [6.45, 7) is 6.80. The molecule has 1 aromatic carbocycles. The molecule has 14 heteroatoms. The first kappa shape index (κ1) is 29.4. The molecule has 2 unspecified atom stereocenters. The molecule has 0 bridgehead atoms. The molecule has 4 aliphatic rings. The molecular weight excluding hydrogens is 624 g/mol. The summed E-state index contributed by atoms with van der Waals surface area (Å²) in [7, 11) is 3.21. The Morgan fingerprint density at radius 1 is 1.15 bits per heavy atom. The molecule has 4 fully saturated rings. The van der Waals surface area contributed by atoms with Gasteiger partial charge in [0.15, 0.2) is 10.9 Å². The number of hydrogen-bond acceptors (Lipinski definition) is 10. The van der Waals surface area contributed by atoms with Crippen LogP contribution < -0.4 is 11.1 Å². The van der Waals surface area contributed by atoms with Gasteiger partial charge in [-0.25, -0.2) is 14.4 Å². The van der Waals surface area contributed by atoms with Gasteiger partial charge in [-0.2, -0.15) is 3.51 Å². The standard InChI is InChI=1S/C26H30BrN4O7S2/c1-24(2)17(20(34)37-5)30-22(36)26(23(30)40-24,29-19(33)16(28)13-9-7-6-8-10-13)12-38-21(35)18-25(3,4)39-15-11-14(32)31(15,18)27/h6-10,15-18,23H,5,11-12,28H2,1-4H3/p+1/t15-,16?,17+,18+,23-,26-,31?/m1/s1. The smallest absolute Gasteiger partial charge is 0.368 e. The van der Waals surface area contributed by atoms with Gasteiger partial charge in [0.25, 0.3) is 5.91 Å². The highest BCUT2D eigenvalue weighted by Gasteiger charge is 2.75. The number of β-lactam (4-membered cyclic amide) rings is 2. The number of esters is 2. The zero-order chi connectivity index (χ0) is 29.4. The van der Waals surface area contributed by atoms with E-state index in [2.05, 4.69) is 28.6 Å². The Morgan fingerprint density at radius 2 is 1.80 bits per heavy atom. The van der Waals surface area contributed by atoms with Gasteiger partial charge in [-0.05, 0) is 33.3 Å². The summed E-state index contributed by atoms with van der Waals surface area (Å²) in [6.07, 6.45) is 0.339. The molecule has 0 saturated carbocycles. The van der Waals surface area contributed by atoms with Gasteiger partial charge in [0, 0.05) is 4.75 Å². The van der Waals surface area contributed by atoms with Crippen LogP contribution in [0.15, 0.2) is 30.3 Å². The fourth-order valence-electron chi connectivity index (χ4n) is 6.05. The van der Waals surface area contributed by atoms with E-state index in [1.54, 1.807) is 44.2 Å². The number of fused-ring (bicyclic) bond motifs is 2. The van der Waals surface area contributed by atoms with E-state index in [0.29, 0.717) is 12.0 Å². The van der Waals surface area contributed by atoms with Gasteiger partial charge in [-0.15, -0.1) is 11.8 Å². The highest BCUT2D eigenvalue weighted by molar-refractivity contribution is 9.05. The van der Waals surface area contributed by atoms with E-state index in [1.165, 1.54) is 28.4 Å². The SMILES string of the molecule is [CH2]OC(=O)[C@@H]1N2C(=O)[C@@](COC(=O)[C@H]3C(C)(C)S[C@@H]4CC(=O)[N+]43Br)(NC(=O)C(N)c3ccccc3)[C@H]2SC1(C)C. The number of nitrogens with one attached hydrogen (secondary N) is 1. The van der Waals surface area contributed by atoms with E-state index in [-0.39, 0.29) is 14.8 Å². The number of carbonyl (C=O) groups excluding carboxylic acids is 5. The third-order valence-electron chi connectivity index (χ3n) is 8.09. The summed E-state index contributed by atoms with van der Waals surface area (Å²) in [5.41, 5.74) is 5.08. The maximum atomic E-state index is 13.8. The average Bonchev–Trinajstić information content (AvgIpc) is 3.27. The van der Waals surface area contributed by atoms with Gasteiger partial charge in [-0.3, -0.25) is 9.59 Å². The minimum absolute atomic E-state index is 0.126. The van der Waals surface area contributed by atoms with Crippen LogP contribution in [0.3, 0.4) is 0 Å². The number of ether oxygens (including phenoxy) is 2. The average molecular weight is 656 g/mol. The van der Waals surface area contributed by atoms with Crippen LogP contribution in [-0.2, 0) is 33.4 Å². The maximum absolute atomic E-state index is 13.8. The Labute approximate surface area is 249 Å². The lowest BCUT2D eigenvalue weighted by molar-refractivity contribution is -0.757. The summed E-state index contributed by atoms with van der Waals surface area (Å²) in [6, 6.07) is 5.73. The highest BCUT2D eigenvalue weighted by atomic mass is 79.9. The van der Waals surface area contributed by atoms with Gasteiger partial charge >= 0.3 is 17.8 Å². The molecule has 4 saturated heterocycles. The van der Waals surface area contributed by atoms with Crippen molar-refractivity contribution in [3.8, 4) is 0 Å². The Kier molecular flexibility index (Phi) is 7.13. The second-order valence-corrected chi connectivity index (χ2v) is 16.2. The minimum atomic E-state index is -1.69. The molecule has 3 amide bonds. The van der Waals surface area contributed by atoms with Crippen molar-refractivity contribution in [1.29, 1.82) is 0 Å². The molecule has 1 aromatic rings. The summed E-state index contributed by atoms with van der Waals surface area (Å²) in [5.74, 6) is -2.74. The number of benzene rings is 1. The van der Waals surface area contributed by atoms with Crippen LogP contribution in [0.1, 0.15) is 45.7 Å². The Hall–Kier alpha value is -2.13. The molecule has 215 valence electrons. The van der Waals surface area contributed by atoms with Crippen molar-refractivity contribution >= 4 is 69.3 Å². The molecule has 0 spiro atoms. The van der Waals surface area contributed by atoms with Crippen LogP contribution in [0.4, 0.5) is 0 Å². The maximum Gasteiger partial charge on any atom is 0.368 e. The van der Waals surface area contributed by atoms with Gasteiger partial charge in [0.2, 0.25) is 28.1 Å². The number of carbonyl (C=O) groups is 5. The van der Waals surface area contributed by atoms with Crippen LogP contribution in [0, 0.1) is 7.11 Å². The molecule has 0 aliphatic carbocycles. The lowest BCUT2D eigenvalue weighted by atomic mass is 9.84. The first-order chi connectivity index (χ1) is 18.6. The number of nitrogens with zero attached hydrogens (tertiary/aromatic N) is 2. The number of thioether (sulfide) groups is 2. The van der Waals surface area contributed by atoms with Crippen LogP contribution in [0.5, 0.6) is 0 Å². The van der Waals surface area contributed by atoms with E-state index >= 15 is 0 Å². The van der Waals surface area contributed by atoms with Crippen molar-refractivity contribution in [2.75, 3.05) is 6.61 Å². The third-order valence-corrected chi connectivity index (χ3v) is 12.9. The summed E-state index contributed by atoms with van der Waals surface area (Å²) in [4.78, 5) is 67.4. The summed E-state index contributed by atoms with van der Waals surface area (Å²) in [5, 5.41) is 1.89. The number of halogens is 1. The number of nitrogens with two attached hydrogens (primary N) is 1. The van der Waals surface area contributed by atoms with E-state index < -0.39 is 68.9 Å². The Bertz CT molecular complexity index is 1300. The summed E-state index contributed by atoms with van der Waals surface area (Å²) >= 11 is 6.29. The predicted molar refractivity (Wildman–Crippen MR) is 151 cm³/mol. The molecule has 4 heterocycles. The van der Waals surface area contributed by atoms with E-state index in [0.717, 1.165) is 0 Å². The third kappa shape index (κ3) is 4.12. The molecule has 40 heavy (non-hydrogen) atoms. The van der Waals surface area contributed by atoms with E-state index in [9.17, 15) is 24.0 Å². The van der Waals surface area contributed by atoms with Crippen LogP contribution in [-0.4, -0.2) is 82.5 Å². The summed E-state index contributed by atoms with van der Waals surface area (Å²) < 4.78 is 8.85. The van der Waals surface area contributed by atoms with Gasteiger partial charge in [-0.1, -0.05) is 42.1 Å². The number of hydrogen-bond donors (Lipinski definition) is 2. The second-order valence-electron chi connectivity index (χ2n) is 11.5. The lowest BCUT2D eigenvalue weighted by Gasteiger charge is -2.53. The number of amides is 3. The van der Waals surface area contributed by atoms with E-state index in [4.69, 9.17) is 15.2 Å². The van der Waals surface area contributed by atoms with Gasteiger partial charge < -0.3 is 25.4 Å². The first-order valence-electron chi connectivity index (χ1n) is 12.7. The highest BCUT2D eigenvalue weighted by Crippen LogP contribution is 2.60. The molecule has 5 rings (SSSR count). The van der Waals surface area contributed by atoms with E-state index in [1.807, 2.05) is 13.8 Å². The second kappa shape index (κ2) is 9.72. The Balaban J connectivity index is 1.44. The number of rotatable bonds is 7. The quantitative estimate of drug-likeness (QED) is 0.253. The zero-order valence-electron chi connectivity index (χ0n) is 22.4. The first-order valence-corrected chi connectivity index (χ1v) is 15.1. The normalized spacial score (nSPS) is 35.5. The molecule has 3 N–H and O–H groups in total. The van der Waals surface area contributed by atoms with Crippen molar-refractivity contribution in [3.05, 3.63) is 43.0 Å². The number of quaternary nitrogens is 1. The lowest BCUT2D eigenvalue weighted by Crippen LogP contribution is -2.81. The molecule has 1 radical (unpaired) electrons. The molecule has 0 aromatic heterocycles. The van der Waals surface area contributed by atoms with Gasteiger partial charge in [0.1, 0.15) is 37.6 Å². The molecular formula is C26H31BrN4O7S2+. The van der Waals surface area contributed by atoms with Crippen LogP contribution in [0.2, 0.25) is 0 Å². The topological polar surface area (TPSA) is 145 Å². The predicted octanol–water partition coefficient (Wildman–Crippen LogP) is 1.76. The fourth-order valence-corrected chi connectivity index (χ4v) is 10.8. The van der Waals surface area contributed by atoms with Gasteiger partial charge in [0.05, 0.1) is 4.75 Å².